The fourth-order valence-electron chi connectivity index (χ4n) is 3.11. The number of aliphatic imine (C=N–C) groups is 4. The van der Waals surface area contributed by atoms with Crippen LogP contribution in [-0.4, -0.2) is 33.9 Å². The fourth-order valence-corrected chi connectivity index (χ4v) is 3.11. The van der Waals surface area contributed by atoms with Gasteiger partial charge in [-0.05, 0) is 66.8 Å². The minimum Gasteiger partial charge on any atom is -0.478 e. The summed E-state index contributed by atoms with van der Waals surface area (Å²) in [6.45, 7) is 0. The molecule has 0 aromatic carbocycles. The van der Waals surface area contributed by atoms with Crippen molar-refractivity contribution in [3.63, 3.8) is 0 Å². The monoisotopic (exact) mass is 352 g/mol. The van der Waals surface area contributed by atoms with E-state index in [2.05, 4.69) is 20.0 Å². The first-order valence-corrected chi connectivity index (χ1v) is 8.34. The Hall–Kier alpha value is -3.93. The largest absolute Gasteiger partial charge is 0.478 e. The summed E-state index contributed by atoms with van der Waals surface area (Å²) in [4.78, 5) is 29.8. The number of hydrogen-bond donors (Lipinski definition) is 1. The molecule has 0 saturated carbocycles. The van der Waals surface area contributed by atoms with Crippen LogP contribution < -0.4 is 0 Å². The molecule has 27 heavy (non-hydrogen) atoms. The highest BCUT2D eigenvalue weighted by molar-refractivity contribution is 6.27. The third-order valence-electron chi connectivity index (χ3n) is 4.30. The molecule has 128 valence electrons. The molecule has 0 amide bonds. The topological polar surface area (TPSA) is 86.7 Å². The maximum absolute atomic E-state index is 11.8. The van der Waals surface area contributed by atoms with Gasteiger partial charge >= 0.3 is 5.97 Å². The second-order valence-electron chi connectivity index (χ2n) is 6.21. The summed E-state index contributed by atoms with van der Waals surface area (Å²) in [5, 5.41) is 9.69. The quantitative estimate of drug-likeness (QED) is 0.786. The van der Waals surface area contributed by atoms with Gasteiger partial charge in [0.15, 0.2) is 0 Å². The van der Waals surface area contributed by atoms with Crippen molar-refractivity contribution >= 4 is 28.8 Å². The van der Waals surface area contributed by atoms with Gasteiger partial charge in [-0.1, -0.05) is 0 Å². The van der Waals surface area contributed by atoms with Crippen molar-refractivity contribution in [3.8, 4) is 0 Å². The lowest BCUT2D eigenvalue weighted by Gasteiger charge is -2.02. The number of carboxylic acids is 1. The second kappa shape index (κ2) is 5.81. The minimum absolute atomic E-state index is 0.0713. The van der Waals surface area contributed by atoms with Crippen molar-refractivity contribution in [2.24, 2.45) is 20.0 Å². The van der Waals surface area contributed by atoms with Crippen LogP contribution in [-0.2, 0) is 4.79 Å². The lowest BCUT2D eigenvalue weighted by molar-refractivity contribution is -0.132. The van der Waals surface area contributed by atoms with Gasteiger partial charge in [0.1, 0.15) is 5.57 Å². The Morgan fingerprint density at radius 2 is 1.15 bits per heavy atom. The summed E-state index contributed by atoms with van der Waals surface area (Å²) >= 11 is 0. The minimum atomic E-state index is -1.07. The SMILES string of the molecule is O=C(O)C1=C2C=CC(=N2)C=C2C=CC(=N2)C=C2C=CC(=N2)C=C2C=CC1=N2. The maximum atomic E-state index is 11.8. The number of fused-ring (bicyclic) bond motifs is 4. The predicted molar refractivity (Wildman–Crippen MR) is 105 cm³/mol. The second-order valence-corrected chi connectivity index (χ2v) is 6.21. The number of aliphatic carboxylic acids is 1. The van der Waals surface area contributed by atoms with Crippen LogP contribution in [0.15, 0.2) is 115 Å². The Labute approximate surface area is 154 Å². The molecule has 8 bridgehead atoms. The van der Waals surface area contributed by atoms with Crippen molar-refractivity contribution in [1.82, 2.24) is 0 Å². The van der Waals surface area contributed by atoms with Gasteiger partial charge in [0, 0.05) is 0 Å². The van der Waals surface area contributed by atoms with Crippen molar-refractivity contribution in [1.29, 1.82) is 0 Å². The van der Waals surface area contributed by atoms with E-state index in [0.29, 0.717) is 22.8 Å². The predicted octanol–water partition coefficient (Wildman–Crippen LogP) is 3.03. The van der Waals surface area contributed by atoms with Crippen LogP contribution in [0, 0.1) is 0 Å². The summed E-state index contributed by atoms with van der Waals surface area (Å²) in [6.07, 6.45) is 20.0. The summed E-state index contributed by atoms with van der Waals surface area (Å²) < 4.78 is 0. The molecule has 1 N–H and O–H groups in total. The number of hydrogen-bond acceptors (Lipinski definition) is 5. The molecule has 5 aliphatic rings. The van der Waals surface area contributed by atoms with Gasteiger partial charge in [0.25, 0.3) is 0 Å². The van der Waals surface area contributed by atoms with Crippen LogP contribution in [0.2, 0.25) is 0 Å². The summed E-state index contributed by atoms with van der Waals surface area (Å²) in [6, 6.07) is 0. The zero-order chi connectivity index (χ0) is 18.4. The summed E-state index contributed by atoms with van der Waals surface area (Å²) in [5.41, 5.74) is 5.22. The molecule has 0 aromatic rings. The van der Waals surface area contributed by atoms with Gasteiger partial charge in [0.2, 0.25) is 0 Å². The smallest absolute Gasteiger partial charge is 0.340 e. The van der Waals surface area contributed by atoms with Gasteiger partial charge in [-0.2, -0.15) is 0 Å². The molecule has 0 fully saturated rings. The van der Waals surface area contributed by atoms with Crippen LogP contribution in [0.25, 0.3) is 0 Å². The third kappa shape index (κ3) is 2.83. The standard InChI is InChI=1S/C21H12N4O2/c26-21(27)20-18-7-5-16(24-18)10-14-3-1-12(22-14)9-13-2-4-15(23-13)11-17-6-8-19(20)25-17/h1-11H,(H,26,27). The fraction of sp³-hybridized carbons (Fsp3) is 0. The molecule has 0 atom stereocenters. The van der Waals surface area contributed by atoms with E-state index in [4.69, 9.17) is 0 Å². The number of allylic oxidation sites excluding steroid dienone is 11. The highest BCUT2D eigenvalue weighted by Crippen LogP contribution is 2.24. The Morgan fingerprint density at radius 3 is 1.78 bits per heavy atom. The van der Waals surface area contributed by atoms with Crippen molar-refractivity contribution in [2.75, 3.05) is 0 Å². The van der Waals surface area contributed by atoms with Gasteiger partial charge in [0.05, 0.1) is 45.6 Å². The van der Waals surface area contributed by atoms with Crippen LogP contribution in [0.1, 0.15) is 0 Å². The van der Waals surface area contributed by atoms with E-state index in [9.17, 15) is 9.90 Å². The molecular formula is C21H12N4O2. The molecule has 0 radical (unpaired) electrons. The first-order valence-electron chi connectivity index (χ1n) is 8.34. The van der Waals surface area contributed by atoms with Gasteiger partial charge in [-0.3, -0.25) is 0 Å². The van der Waals surface area contributed by atoms with E-state index in [1.807, 2.05) is 42.5 Å². The number of carboxylic acid groups (broad SMARTS) is 1. The normalized spacial score (nSPS) is 21.7. The number of nitrogens with zero attached hydrogens (tertiary/aromatic N) is 4. The van der Waals surface area contributed by atoms with E-state index in [-0.39, 0.29) is 5.57 Å². The Kier molecular flexibility index (Phi) is 3.30. The molecular weight excluding hydrogens is 340 g/mol. The lowest BCUT2D eigenvalue weighted by Crippen LogP contribution is -2.11. The molecule has 5 aliphatic heterocycles. The first kappa shape index (κ1) is 15.3. The van der Waals surface area contributed by atoms with Gasteiger partial charge in [-0.15, -0.1) is 0 Å². The van der Waals surface area contributed by atoms with E-state index in [1.165, 1.54) is 0 Å². The molecule has 0 unspecified atom stereocenters. The Bertz CT molecular complexity index is 1170. The van der Waals surface area contributed by atoms with E-state index >= 15 is 0 Å². The van der Waals surface area contributed by atoms with Crippen LogP contribution >= 0.6 is 0 Å². The van der Waals surface area contributed by atoms with Crippen LogP contribution in [0.5, 0.6) is 0 Å². The number of carbonyl (C=O) groups is 1. The van der Waals surface area contributed by atoms with Crippen molar-refractivity contribution in [2.45, 2.75) is 0 Å². The molecule has 0 spiro atoms. The third-order valence-corrected chi connectivity index (χ3v) is 4.30. The lowest BCUT2D eigenvalue weighted by atomic mass is 10.1. The average molecular weight is 352 g/mol. The van der Waals surface area contributed by atoms with E-state index < -0.39 is 5.97 Å². The average Bonchev–Trinajstić information content (AvgIpc) is 3.39. The Morgan fingerprint density at radius 1 is 0.630 bits per heavy atom. The molecule has 0 aromatic heterocycles. The number of rotatable bonds is 1. The van der Waals surface area contributed by atoms with Gasteiger partial charge < -0.3 is 5.11 Å². The van der Waals surface area contributed by atoms with Crippen LogP contribution in [0.3, 0.4) is 0 Å². The zero-order valence-electron chi connectivity index (χ0n) is 14.0. The zero-order valence-corrected chi connectivity index (χ0v) is 14.0. The van der Waals surface area contributed by atoms with Crippen molar-refractivity contribution < 1.29 is 9.90 Å². The first-order chi connectivity index (χ1) is 13.1. The maximum Gasteiger partial charge on any atom is 0.340 e. The van der Waals surface area contributed by atoms with E-state index in [1.54, 1.807) is 24.3 Å². The van der Waals surface area contributed by atoms with Gasteiger partial charge in [-0.25, -0.2) is 24.8 Å². The molecule has 6 nitrogen and oxygen atoms in total. The molecule has 5 heterocycles. The van der Waals surface area contributed by atoms with Crippen molar-refractivity contribution in [3.05, 3.63) is 95.2 Å². The summed E-state index contributed by atoms with van der Waals surface area (Å²) in [5.74, 6) is -1.07. The van der Waals surface area contributed by atoms with E-state index in [0.717, 1.165) is 22.8 Å². The highest BCUT2D eigenvalue weighted by Gasteiger charge is 2.22. The Balaban J connectivity index is 1.71. The molecule has 0 saturated heterocycles. The molecule has 0 aliphatic carbocycles. The molecule has 5 rings (SSSR count). The van der Waals surface area contributed by atoms with Crippen LogP contribution in [0.4, 0.5) is 0 Å². The molecule has 6 heteroatoms. The highest BCUT2D eigenvalue weighted by atomic mass is 16.4. The summed E-state index contributed by atoms with van der Waals surface area (Å²) in [7, 11) is 0.